The topological polar surface area (TPSA) is 62.2 Å². The van der Waals surface area contributed by atoms with E-state index in [1.165, 1.54) is 6.20 Å². The van der Waals surface area contributed by atoms with Crippen molar-refractivity contribution < 1.29 is 9.90 Å². The molecule has 4 nitrogen and oxygen atoms in total. The van der Waals surface area contributed by atoms with Gasteiger partial charge in [0.2, 0.25) is 0 Å². The van der Waals surface area contributed by atoms with Gasteiger partial charge < -0.3 is 10.4 Å². The second-order valence-corrected chi connectivity index (χ2v) is 5.06. The number of nitrogens with one attached hydrogen (secondary N) is 1. The summed E-state index contributed by atoms with van der Waals surface area (Å²) < 4.78 is 0. The van der Waals surface area contributed by atoms with Crippen molar-refractivity contribution in [2.24, 2.45) is 5.92 Å². The van der Waals surface area contributed by atoms with Crippen LogP contribution in [0.1, 0.15) is 36.0 Å². The molecule has 0 spiro atoms. The van der Waals surface area contributed by atoms with Crippen LogP contribution >= 0.6 is 11.6 Å². The van der Waals surface area contributed by atoms with Crippen LogP contribution in [0.15, 0.2) is 18.3 Å². The van der Waals surface area contributed by atoms with E-state index >= 15 is 0 Å². The quantitative estimate of drug-likeness (QED) is 0.825. The van der Waals surface area contributed by atoms with Crippen LogP contribution in [0.2, 0.25) is 5.15 Å². The molecular weight excluding hydrogens is 252 g/mol. The van der Waals surface area contributed by atoms with Gasteiger partial charge in [-0.1, -0.05) is 24.4 Å². The van der Waals surface area contributed by atoms with Gasteiger partial charge in [-0.05, 0) is 25.0 Å². The van der Waals surface area contributed by atoms with Crippen molar-refractivity contribution >= 4 is 17.5 Å². The average molecular weight is 269 g/mol. The summed E-state index contributed by atoms with van der Waals surface area (Å²) in [7, 11) is 0. The van der Waals surface area contributed by atoms with Crippen molar-refractivity contribution in [3.63, 3.8) is 0 Å². The lowest BCUT2D eigenvalue weighted by Crippen LogP contribution is -2.43. The molecule has 1 aliphatic rings. The van der Waals surface area contributed by atoms with Crippen LogP contribution < -0.4 is 5.32 Å². The predicted molar refractivity (Wildman–Crippen MR) is 69.5 cm³/mol. The number of nitrogens with zero attached hydrogens (tertiary/aromatic N) is 1. The Labute approximate surface area is 111 Å². The Morgan fingerprint density at radius 1 is 1.44 bits per heavy atom. The molecule has 1 fully saturated rings. The first kappa shape index (κ1) is 13.3. The van der Waals surface area contributed by atoms with E-state index in [-0.39, 0.29) is 24.5 Å². The number of aromatic nitrogens is 1. The highest BCUT2D eigenvalue weighted by Crippen LogP contribution is 2.24. The molecule has 0 radical (unpaired) electrons. The van der Waals surface area contributed by atoms with Gasteiger partial charge in [0.15, 0.2) is 0 Å². The van der Waals surface area contributed by atoms with Gasteiger partial charge in [0.25, 0.3) is 5.91 Å². The number of hydrogen-bond acceptors (Lipinski definition) is 3. The number of aliphatic hydroxyl groups is 1. The monoisotopic (exact) mass is 268 g/mol. The molecule has 18 heavy (non-hydrogen) atoms. The largest absolute Gasteiger partial charge is 0.396 e. The standard InChI is InChI=1S/C13H17ClN2O2/c14-12-6-5-9(7-15-12)13(18)16-11-4-2-1-3-10(11)8-17/h5-7,10-11,17H,1-4,8H2,(H,16,18). The van der Waals surface area contributed by atoms with E-state index < -0.39 is 0 Å². The molecule has 1 aliphatic carbocycles. The minimum atomic E-state index is -0.149. The maximum Gasteiger partial charge on any atom is 0.253 e. The van der Waals surface area contributed by atoms with E-state index in [0.717, 1.165) is 25.7 Å². The number of pyridine rings is 1. The van der Waals surface area contributed by atoms with Crippen molar-refractivity contribution in [3.8, 4) is 0 Å². The van der Waals surface area contributed by atoms with Crippen LogP contribution in [-0.4, -0.2) is 28.6 Å². The Morgan fingerprint density at radius 3 is 2.89 bits per heavy atom. The Kier molecular flexibility index (Phi) is 4.55. The van der Waals surface area contributed by atoms with E-state index in [2.05, 4.69) is 10.3 Å². The fourth-order valence-electron chi connectivity index (χ4n) is 2.38. The lowest BCUT2D eigenvalue weighted by atomic mass is 9.85. The third kappa shape index (κ3) is 3.21. The van der Waals surface area contributed by atoms with E-state index in [1.807, 2.05) is 0 Å². The van der Waals surface area contributed by atoms with Gasteiger partial charge in [0, 0.05) is 24.8 Å². The fraction of sp³-hybridized carbons (Fsp3) is 0.538. The second-order valence-electron chi connectivity index (χ2n) is 4.68. The Morgan fingerprint density at radius 2 is 2.22 bits per heavy atom. The van der Waals surface area contributed by atoms with E-state index in [9.17, 15) is 9.90 Å². The number of amides is 1. The van der Waals surface area contributed by atoms with E-state index in [0.29, 0.717) is 10.7 Å². The third-order valence-electron chi connectivity index (χ3n) is 3.45. The number of hydrogen-bond donors (Lipinski definition) is 2. The van der Waals surface area contributed by atoms with E-state index in [1.54, 1.807) is 12.1 Å². The smallest absolute Gasteiger partial charge is 0.253 e. The molecule has 2 rings (SSSR count). The number of halogens is 1. The molecule has 2 atom stereocenters. The van der Waals surface area contributed by atoms with Crippen molar-refractivity contribution in [2.75, 3.05) is 6.61 Å². The fourth-order valence-corrected chi connectivity index (χ4v) is 2.49. The SMILES string of the molecule is O=C(NC1CCCCC1CO)c1ccc(Cl)nc1. The van der Waals surface area contributed by atoms with Gasteiger partial charge in [0.1, 0.15) is 5.15 Å². The first-order chi connectivity index (χ1) is 8.70. The molecule has 1 aromatic heterocycles. The van der Waals surface area contributed by atoms with Crippen LogP contribution in [0.5, 0.6) is 0 Å². The van der Waals surface area contributed by atoms with Crippen LogP contribution in [0.25, 0.3) is 0 Å². The van der Waals surface area contributed by atoms with Crippen LogP contribution in [-0.2, 0) is 0 Å². The molecule has 2 N–H and O–H groups in total. The summed E-state index contributed by atoms with van der Waals surface area (Å²) in [4.78, 5) is 15.9. The number of aliphatic hydroxyl groups excluding tert-OH is 1. The van der Waals surface area contributed by atoms with E-state index in [4.69, 9.17) is 11.6 Å². The molecule has 98 valence electrons. The Balaban J connectivity index is 1.99. The lowest BCUT2D eigenvalue weighted by Gasteiger charge is -2.30. The Hall–Kier alpha value is -1.13. The second kappa shape index (κ2) is 6.16. The summed E-state index contributed by atoms with van der Waals surface area (Å²) in [5, 5.41) is 12.6. The third-order valence-corrected chi connectivity index (χ3v) is 3.67. The molecule has 0 aliphatic heterocycles. The minimum absolute atomic E-state index is 0.0620. The zero-order valence-corrected chi connectivity index (χ0v) is 10.9. The average Bonchev–Trinajstić information content (AvgIpc) is 2.40. The molecule has 0 bridgehead atoms. The van der Waals surface area contributed by atoms with Gasteiger partial charge in [-0.2, -0.15) is 0 Å². The first-order valence-electron chi connectivity index (χ1n) is 6.24. The highest BCUT2D eigenvalue weighted by molar-refractivity contribution is 6.29. The molecule has 1 saturated carbocycles. The summed E-state index contributed by atoms with van der Waals surface area (Å²) >= 11 is 5.68. The van der Waals surface area contributed by atoms with Crippen LogP contribution in [0.4, 0.5) is 0 Å². The van der Waals surface area contributed by atoms with Crippen molar-refractivity contribution in [3.05, 3.63) is 29.0 Å². The molecule has 1 amide bonds. The normalized spacial score (nSPS) is 23.7. The zero-order chi connectivity index (χ0) is 13.0. The highest BCUT2D eigenvalue weighted by Gasteiger charge is 2.26. The summed E-state index contributed by atoms with van der Waals surface area (Å²) in [5.41, 5.74) is 0.502. The molecule has 1 heterocycles. The molecular formula is C13H17ClN2O2. The number of rotatable bonds is 3. The van der Waals surface area contributed by atoms with Gasteiger partial charge >= 0.3 is 0 Å². The van der Waals surface area contributed by atoms with Crippen LogP contribution in [0, 0.1) is 5.92 Å². The van der Waals surface area contributed by atoms with Crippen molar-refractivity contribution in [2.45, 2.75) is 31.7 Å². The molecule has 0 saturated heterocycles. The number of carbonyl (C=O) groups is 1. The molecule has 0 aromatic carbocycles. The summed E-state index contributed by atoms with van der Waals surface area (Å²) in [6.45, 7) is 0.129. The van der Waals surface area contributed by atoms with Gasteiger partial charge in [-0.25, -0.2) is 4.98 Å². The first-order valence-corrected chi connectivity index (χ1v) is 6.62. The number of carbonyl (C=O) groups excluding carboxylic acids is 1. The molecule has 2 unspecified atom stereocenters. The maximum atomic E-state index is 12.0. The molecule has 5 heteroatoms. The summed E-state index contributed by atoms with van der Waals surface area (Å²) in [6.07, 6.45) is 5.59. The minimum Gasteiger partial charge on any atom is -0.396 e. The molecule has 1 aromatic rings. The predicted octanol–water partition coefficient (Wildman–Crippen LogP) is 2.02. The lowest BCUT2D eigenvalue weighted by molar-refractivity contribution is 0.0872. The van der Waals surface area contributed by atoms with Gasteiger partial charge in [0.05, 0.1) is 5.56 Å². The highest BCUT2D eigenvalue weighted by atomic mass is 35.5. The summed E-state index contributed by atoms with van der Waals surface area (Å²) in [5.74, 6) is 0.0208. The maximum absolute atomic E-state index is 12.0. The van der Waals surface area contributed by atoms with Crippen molar-refractivity contribution in [1.82, 2.24) is 10.3 Å². The van der Waals surface area contributed by atoms with Gasteiger partial charge in [-0.15, -0.1) is 0 Å². The van der Waals surface area contributed by atoms with Crippen molar-refractivity contribution in [1.29, 1.82) is 0 Å². The van der Waals surface area contributed by atoms with Crippen LogP contribution in [0.3, 0.4) is 0 Å². The Bertz CT molecular complexity index is 408. The summed E-state index contributed by atoms with van der Waals surface area (Å²) in [6, 6.07) is 3.31. The van der Waals surface area contributed by atoms with Gasteiger partial charge in [-0.3, -0.25) is 4.79 Å². The zero-order valence-electron chi connectivity index (χ0n) is 10.1.